The van der Waals surface area contributed by atoms with Crippen molar-refractivity contribution in [3.8, 4) is 0 Å². The quantitative estimate of drug-likeness (QED) is 0.807. The Kier molecular flexibility index (Phi) is 4.05. The van der Waals surface area contributed by atoms with Crippen LogP contribution in [0.1, 0.15) is 32.5 Å². The number of allylic oxidation sites excluding steroid dienone is 1. The maximum absolute atomic E-state index is 10.4. The molecule has 1 aromatic carbocycles. The lowest BCUT2D eigenvalue weighted by Crippen LogP contribution is -2.28. The molecular weight excluding hydrogens is 236 g/mol. The van der Waals surface area contributed by atoms with Gasteiger partial charge in [-0.3, -0.25) is 0 Å². The van der Waals surface area contributed by atoms with E-state index in [2.05, 4.69) is 29.1 Å². The summed E-state index contributed by atoms with van der Waals surface area (Å²) in [5.74, 6) is 0.956. The second-order valence-corrected chi connectivity index (χ2v) is 5.26. The second-order valence-electron chi connectivity index (χ2n) is 5.26. The van der Waals surface area contributed by atoms with Gasteiger partial charge in [0.05, 0.1) is 16.6 Å². The van der Waals surface area contributed by atoms with Gasteiger partial charge < -0.3 is 9.67 Å². The van der Waals surface area contributed by atoms with Crippen LogP contribution >= 0.6 is 0 Å². The van der Waals surface area contributed by atoms with Gasteiger partial charge in [0, 0.05) is 13.0 Å². The highest BCUT2D eigenvalue weighted by Gasteiger charge is 2.23. The molecule has 1 unspecified atom stereocenters. The lowest BCUT2D eigenvalue weighted by Gasteiger charge is -2.22. The Morgan fingerprint density at radius 2 is 2.16 bits per heavy atom. The number of rotatable bonds is 6. The Morgan fingerprint density at radius 3 is 2.84 bits per heavy atom. The molecule has 0 bridgehead atoms. The summed E-state index contributed by atoms with van der Waals surface area (Å²) in [7, 11) is 0. The Morgan fingerprint density at radius 1 is 1.42 bits per heavy atom. The van der Waals surface area contributed by atoms with Gasteiger partial charge >= 0.3 is 0 Å². The van der Waals surface area contributed by atoms with Crippen LogP contribution < -0.4 is 0 Å². The Balaban J connectivity index is 2.31. The molecule has 3 heteroatoms. The normalized spacial score (nSPS) is 14.5. The van der Waals surface area contributed by atoms with Gasteiger partial charge in [-0.2, -0.15) is 0 Å². The van der Waals surface area contributed by atoms with E-state index >= 15 is 0 Å². The fraction of sp³-hybridized carbons (Fsp3) is 0.438. The molecule has 102 valence electrons. The van der Waals surface area contributed by atoms with Crippen molar-refractivity contribution in [2.24, 2.45) is 0 Å². The van der Waals surface area contributed by atoms with Crippen molar-refractivity contribution < 1.29 is 5.11 Å². The minimum absolute atomic E-state index is 0.573. The molecule has 1 aromatic heterocycles. The van der Waals surface area contributed by atoms with E-state index in [0.717, 1.165) is 29.8 Å². The van der Waals surface area contributed by atoms with E-state index in [1.807, 2.05) is 31.2 Å². The molecule has 2 rings (SSSR count). The SMILES string of the molecule is C=CCCC(C)(O)Cc1nc2ccccc2n1CC. The number of nitrogens with zero attached hydrogens (tertiary/aromatic N) is 2. The molecule has 0 aliphatic carbocycles. The van der Waals surface area contributed by atoms with E-state index in [1.54, 1.807) is 0 Å². The fourth-order valence-corrected chi connectivity index (χ4v) is 2.46. The van der Waals surface area contributed by atoms with Crippen LogP contribution in [0.15, 0.2) is 36.9 Å². The molecule has 1 heterocycles. The summed E-state index contributed by atoms with van der Waals surface area (Å²) in [6.07, 6.45) is 3.95. The highest BCUT2D eigenvalue weighted by Crippen LogP contribution is 2.22. The number of hydrogen-bond acceptors (Lipinski definition) is 2. The summed E-state index contributed by atoms with van der Waals surface area (Å²) in [5.41, 5.74) is 1.40. The molecule has 1 atom stereocenters. The first-order valence-corrected chi connectivity index (χ1v) is 6.85. The van der Waals surface area contributed by atoms with Crippen LogP contribution in [-0.4, -0.2) is 20.3 Å². The molecule has 0 fully saturated rings. The standard InChI is InChI=1S/C16H22N2O/c1-4-6-11-16(3,19)12-15-17-13-9-7-8-10-14(13)18(15)5-2/h4,7-10,19H,1,5-6,11-12H2,2-3H3. The Labute approximate surface area is 114 Å². The molecule has 1 N–H and O–H groups in total. The summed E-state index contributed by atoms with van der Waals surface area (Å²) in [5, 5.41) is 10.4. The van der Waals surface area contributed by atoms with Crippen molar-refractivity contribution in [3.63, 3.8) is 0 Å². The van der Waals surface area contributed by atoms with Gasteiger partial charge in [0.2, 0.25) is 0 Å². The van der Waals surface area contributed by atoms with Crippen molar-refractivity contribution in [1.82, 2.24) is 9.55 Å². The topological polar surface area (TPSA) is 38.1 Å². The lowest BCUT2D eigenvalue weighted by atomic mass is 9.96. The third-order valence-electron chi connectivity index (χ3n) is 3.48. The van der Waals surface area contributed by atoms with E-state index in [0.29, 0.717) is 12.8 Å². The van der Waals surface area contributed by atoms with Crippen molar-refractivity contribution in [1.29, 1.82) is 0 Å². The minimum Gasteiger partial charge on any atom is -0.390 e. The summed E-state index contributed by atoms with van der Waals surface area (Å²) in [6, 6.07) is 8.11. The van der Waals surface area contributed by atoms with Gasteiger partial charge in [0.25, 0.3) is 0 Å². The zero-order chi connectivity index (χ0) is 13.9. The van der Waals surface area contributed by atoms with Crippen molar-refractivity contribution in [2.45, 2.75) is 45.3 Å². The molecule has 19 heavy (non-hydrogen) atoms. The number of aliphatic hydroxyl groups is 1. The monoisotopic (exact) mass is 258 g/mol. The number of fused-ring (bicyclic) bond motifs is 1. The Hall–Kier alpha value is -1.61. The molecule has 0 radical (unpaired) electrons. The molecular formula is C16H22N2O. The molecule has 0 aliphatic heterocycles. The van der Waals surface area contributed by atoms with Crippen LogP contribution in [0.2, 0.25) is 0 Å². The maximum Gasteiger partial charge on any atom is 0.112 e. The number of imidazole rings is 1. The number of hydrogen-bond donors (Lipinski definition) is 1. The van der Waals surface area contributed by atoms with Gasteiger partial charge in [-0.1, -0.05) is 18.2 Å². The number of aryl methyl sites for hydroxylation is 1. The summed E-state index contributed by atoms with van der Waals surface area (Å²) in [6.45, 7) is 8.55. The van der Waals surface area contributed by atoms with E-state index in [4.69, 9.17) is 0 Å². The third kappa shape index (κ3) is 3.04. The van der Waals surface area contributed by atoms with Gasteiger partial charge in [0.15, 0.2) is 0 Å². The van der Waals surface area contributed by atoms with Crippen molar-refractivity contribution >= 4 is 11.0 Å². The van der Waals surface area contributed by atoms with Gasteiger partial charge in [-0.05, 0) is 38.8 Å². The van der Waals surface area contributed by atoms with Crippen molar-refractivity contribution in [2.75, 3.05) is 0 Å². The highest BCUT2D eigenvalue weighted by atomic mass is 16.3. The minimum atomic E-state index is -0.734. The first-order valence-electron chi connectivity index (χ1n) is 6.85. The van der Waals surface area contributed by atoms with Gasteiger partial charge in [-0.25, -0.2) is 4.98 Å². The third-order valence-corrected chi connectivity index (χ3v) is 3.48. The summed E-state index contributed by atoms with van der Waals surface area (Å²) < 4.78 is 2.18. The molecule has 0 saturated carbocycles. The molecule has 0 aliphatic rings. The van der Waals surface area contributed by atoms with E-state index < -0.39 is 5.60 Å². The predicted molar refractivity (Wildman–Crippen MR) is 79.2 cm³/mol. The summed E-state index contributed by atoms with van der Waals surface area (Å²) >= 11 is 0. The molecule has 0 spiro atoms. The average Bonchev–Trinajstić information content (AvgIpc) is 2.72. The smallest absolute Gasteiger partial charge is 0.112 e. The second kappa shape index (κ2) is 5.57. The number of para-hydroxylation sites is 2. The van der Waals surface area contributed by atoms with Gasteiger partial charge in [0.1, 0.15) is 5.82 Å². The number of aromatic nitrogens is 2. The van der Waals surface area contributed by atoms with E-state index in [9.17, 15) is 5.11 Å². The average molecular weight is 258 g/mol. The Bertz CT molecular complexity index is 569. The largest absolute Gasteiger partial charge is 0.390 e. The maximum atomic E-state index is 10.4. The first-order chi connectivity index (χ1) is 9.07. The molecule has 0 saturated heterocycles. The fourth-order valence-electron chi connectivity index (χ4n) is 2.46. The number of benzene rings is 1. The van der Waals surface area contributed by atoms with E-state index in [-0.39, 0.29) is 0 Å². The van der Waals surface area contributed by atoms with Crippen LogP contribution in [0.25, 0.3) is 11.0 Å². The van der Waals surface area contributed by atoms with Crippen LogP contribution in [0.5, 0.6) is 0 Å². The molecule has 3 nitrogen and oxygen atoms in total. The van der Waals surface area contributed by atoms with Gasteiger partial charge in [-0.15, -0.1) is 6.58 Å². The predicted octanol–water partition coefficient (Wildman–Crippen LogP) is 3.32. The summed E-state index contributed by atoms with van der Waals surface area (Å²) in [4.78, 5) is 4.65. The van der Waals surface area contributed by atoms with Crippen molar-refractivity contribution in [3.05, 3.63) is 42.7 Å². The highest BCUT2D eigenvalue weighted by molar-refractivity contribution is 5.75. The van der Waals surface area contributed by atoms with Crippen LogP contribution in [0, 0.1) is 0 Å². The zero-order valence-electron chi connectivity index (χ0n) is 11.8. The lowest BCUT2D eigenvalue weighted by molar-refractivity contribution is 0.0496. The first kappa shape index (κ1) is 13.8. The van der Waals surface area contributed by atoms with Crippen LogP contribution in [0.3, 0.4) is 0 Å². The van der Waals surface area contributed by atoms with E-state index in [1.165, 1.54) is 0 Å². The van der Waals surface area contributed by atoms with Crippen LogP contribution in [-0.2, 0) is 13.0 Å². The molecule has 2 aromatic rings. The molecule has 0 amide bonds. The zero-order valence-corrected chi connectivity index (χ0v) is 11.8. The van der Waals surface area contributed by atoms with Crippen LogP contribution in [0.4, 0.5) is 0 Å².